The summed E-state index contributed by atoms with van der Waals surface area (Å²) >= 11 is 0. The molecule has 4 rings (SSSR count). The molecule has 5 atom stereocenters. The van der Waals surface area contributed by atoms with Gasteiger partial charge in [-0.25, -0.2) is 14.4 Å². The number of phenolic OH excluding ortho intramolecular Hbond substituents is 4. The first-order chi connectivity index (χ1) is 18.5. The van der Waals surface area contributed by atoms with E-state index in [-0.39, 0.29) is 17.2 Å². The molecular formula is C26H24O13. The maximum atomic E-state index is 12.4. The minimum absolute atomic E-state index is 0.334. The second kappa shape index (κ2) is 11.0. The van der Waals surface area contributed by atoms with Gasteiger partial charge in [-0.15, -0.1) is 0 Å². The number of esters is 2. The standard InChI is InChI=1S/C26H24O13/c27-15-5-1-13(9-17(15)29)3-7-21(32)36-12-20-24-23(19(31)11-26(38-20,39-24)25(34)35)37-22(33)8-4-14-2-6-16(28)18(30)10-14/h1-10,19-20,23-24,27-31H,11-12H2,(H,34,35)/b7-3+,8-4+/t19?,20-,23?,24-,26+/m1/s1. The van der Waals surface area contributed by atoms with Crippen LogP contribution >= 0.6 is 0 Å². The molecule has 0 radical (unpaired) electrons. The van der Waals surface area contributed by atoms with Gasteiger partial charge in [-0.2, -0.15) is 0 Å². The topological polar surface area (TPSA) is 210 Å². The first-order valence-electron chi connectivity index (χ1n) is 11.5. The Morgan fingerprint density at radius 1 is 0.872 bits per heavy atom. The highest BCUT2D eigenvalue weighted by Crippen LogP contribution is 2.42. The number of hydrogen-bond acceptors (Lipinski definition) is 12. The highest BCUT2D eigenvalue weighted by Gasteiger charge is 2.63. The fourth-order valence-corrected chi connectivity index (χ4v) is 4.09. The molecule has 0 amide bonds. The van der Waals surface area contributed by atoms with Crippen LogP contribution in [0.5, 0.6) is 23.0 Å². The van der Waals surface area contributed by atoms with E-state index in [4.69, 9.17) is 18.9 Å². The Hall–Kier alpha value is -4.59. The van der Waals surface area contributed by atoms with E-state index in [1.54, 1.807) is 0 Å². The number of rotatable bonds is 8. The maximum Gasteiger partial charge on any atom is 0.364 e. The van der Waals surface area contributed by atoms with Crippen LogP contribution in [-0.2, 0) is 33.3 Å². The number of ether oxygens (including phenoxy) is 4. The molecule has 2 aliphatic heterocycles. The fourth-order valence-electron chi connectivity index (χ4n) is 4.09. The quantitative estimate of drug-likeness (QED) is 0.156. The van der Waals surface area contributed by atoms with Crippen molar-refractivity contribution in [1.82, 2.24) is 0 Å². The molecule has 0 aromatic heterocycles. The largest absolute Gasteiger partial charge is 0.504 e. The first-order valence-corrected chi connectivity index (χ1v) is 11.5. The third-order valence-corrected chi connectivity index (χ3v) is 6.01. The van der Waals surface area contributed by atoms with Crippen LogP contribution in [0.4, 0.5) is 0 Å². The molecule has 0 saturated carbocycles. The van der Waals surface area contributed by atoms with E-state index in [0.29, 0.717) is 11.1 Å². The van der Waals surface area contributed by atoms with Crippen LogP contribution < -0.4 is 0 Å². The number of fused-ring (bicyclic) bond motifs is 2. The summed E-state index contributed by atoms with van der Waals surface area (Å²) in [7, 11) is 0. The average molecular weight is 544 g/mol. The lowest BCUT2D eigenvalue weighted by Crippen LogP contribution is -2.55. The number of hydrogen-bond donors (Lipinski definition) is 6. The van der Waals surface area contributed by atoms with Gasteiger partial charge >= 0.3 is 17.9 Å². The second-order valence-electron chi connectivity index (χ2n) is 8.76. The van der Waals surface area contributed by atoms with E-state index in [0.717, 1.165) is 12.2 Å². The van der Waals surface area contributed by atoms with Crippen LogP contribution in [0.3, 0.4) is 0 Å². The van der Waals surface area contributed by atoms with E-state index in [9.17, 15) is 45.0 Å². The summed E-state index contributed by atoms with van der Waals surface area (Å²) < 4.78 is 21.5. The molecule has 13 heteroatoms. The van der Waals surface area contributed by atoms with Gasteiger partial charge in [0, 0.05) is 18.6 Å². The number of phenols is 4. The molecule has 2 aromatic rings. The number of aliphatic hydroxyl groups excluding tert-OH is 1. The highest BCUT2D eigenvalue weighted by molar-refractivity contribution is 5.88. The van der Waals surface area contributed by atoms with Gasteiger partial charge in [0.2, 0.25) is 0 Å². The van der Waals surface area contributed by atoms with Crippen LogP contribution in [-0.4, -0.2) is 85.4 Å². The summed E-state index contributed by atoms with van der Waals surface area (Å²) in [6.45, 7) is -0.507. The molecule has 0 aliphatic carbocycles. The van der Waals surface area contributed by atoms with Gasteiger partial charge in [0.1, 0.15) is 18.8 Å². The third kappa shape index (κ3) is 6.12. The predicted octanol–water partition coefficient (Wildman–Crippen LogP) is 1.02. The summed E-state index contributed by atoms with van der Waals surface area (Å²) in [4.78, 5) is 36.5. The Bertz CT molecular complexity index is 1330. The van der Waals surface area contributed by atoms with Crippen molar-refractivity contribution in [2.24, 2.45) is 0 Å². The SMILES string of the molecule is O=C(/C=C/c1ccc(O)c(O)c1)OC[C@H]1O[C@@]2(C(=O)O)CC(O)C(OC(=O)/C=C/c3ccc(O)c(O)c3)[C@@H]1O2. The summed E-state index contributed by atoms with van der Waals surface area (Å²) in [6, 6.07) is 7.72. The minimum Gasteiger partial charge on any atom is -0.504 e. The second-order valence-corrected chi connectivity index (χ2v) is 8.76. The fraction of sp³-hybridized carbons (Fsp3) is 0.269. The summed E-state index contributed by atoms with van der Waals surface area (Å²) in [5.41, 5.74) is 0.742. The highest BCUT2D eigenvalue weighted by atomic mass is 16.8. The maximum absolute atomic E-state index is 12.4. The number of benzene rings is 2. The van der Waals surface area contributed by atoms with Gasteiger partial charge in [0.05, 0.1) is 6.10 Å². The molecular weight excluding hydrogens is 520 g/mol. The van der Waals surface area contributed by atoms with Crippen LogP contribution in [0, 0.1) is 0 Å². The Labute approximate surface area is 220 Å². The summed E-state index contributed by atoms with van der Waals surface area (Å²) in [5, 5.41) is 58.0. The molecule has 6 N–H and O–H groups in total. The van der Waals surface area contributed by atoms with Crippen molar-refractivity contribution in [3.05, 3.63) is 59.7 Å². The summed E-state index contributed by atoms with van der Waals surface area (Å²) in [5.74, 6) is -7.01. The molecule has 39 heavy (non-hydrogen) atoms. The molecule has 2 fully saturated rings. The number of aliphatic hydroxyl groups is 1. The van der Waals surface area contributed by atoms with Gasteiger partial charge in [-0.05, 0) is 47.5 Å². The van der Waals surface area contributed by atoms with Crippen molar-refractivity contribution in [2.45, 2.75) is 36.6 Å². The van der Waals surface area contributed by atoms with E-state index in [1.165, 1.54) is 48.6 Å². The Morgan fingerprint density at radius 3 is 1.97 bits per heavy atom. The number of carboxylic acids is 1. The van der Waals surface area contributed by atoms with Gasteiger partial charge < -0.3 is 49.6 Å². The van der Waals surface area contributed by atoms with E-state index in [2.05, 4.69) is 0 Å². The van der Waals surface area contributed by atoms with Crippen molar-refractivity contribution in [1.29, 1.82) is 0 Å². The molecule has 2 aliphatic rings. The number of aromatic hydroxyl groups is 4. The van der Waals surface area contributed by atoms with Gasteiger partial charge in [0.25, 0.3) is 5.79 Å². The van der Waals surface area contributed by atoms with Crippen molar-refractivity contribution in [3.8, 4) is 23.0 Å². The zero-order chi connectivity index (χ0) is 28.3. The monoisotopic (exact) mass is 544 g/mol. The molecule has 0 spiro atoms. The van der Waals surface area contributed by atoms with Crippen molar-refractivity contribution in [3.63, 3.8) is 0 Å². The van der Waals surface area contributed by atoms with Crippen LogP contribution in [0.15, 0.2) is 48.6 Å². The molecule has 2 saturated heterocycles. The third-order valence-electron chi connectivity index (χ3n) is 6.01. The lowest BCUT2D eigenvalue weighted by atomic mass is 9.95. The Kier molecular flexibility index (Phi) is 7.76. The first kappa shape index (κ1) is 27.4. The van der Waals surface area contributed by atoms with E-state index in [1.807, 2.05) is 0 Å². The van der Waals surface area contributed by atoms with Gasteiger partial charge in [-0.1, -0.05) is 12.1 Å². The van der Waals surface area contributed by atoms with E-state index < -0.39 is 66.9 Å². The lowest BCUT2D eigenvalue weighted by Gasteiger charge is -2.35. The molecule has 13 nitrogen and oxygen atoms in total. The van der Waals surface area contributed by atoms with Crippen molar-refractivity contribution >= 4 is 30.1 Å². The van der Waals surface area contributed by atoms with Crippen LogP contribution in [0.2, 0.25) is 0 Å². The smallest absolute Gasteiger partial charge is 0.364 e. The number of aliphatic carboxylic acids is 1. The van der Waals surface area contributed by atoms with Crippen LogP contribution in [0.25, 0.3) is 12.2 Å². The van der Waals surface area contributed by atoms with Crippen molar-refractivity contribution < 1.29 is 64.0 Å². The summed E-state index contributed by atoms with van der Waals surface area (Å²) in [6.07, 6.45) is -1.34. The van der Waals surface area contributed by atoms with Gasteiger partial charge in [0.15, 0.2) is 29.1 Å². The lowest BCUT2D eigenvalue weighted by molar-refractivity contribution is -0.247. The molecule has 2 unspecified atom stereocenters. The van der Waals surface area contributed by atoms with Crippen molar-refractivity contribution in [2.75, 3.05) is 6.61 Å². The molecule has 2 aromatic carbocycles. The number of carbonyl (C=O) groups excluding carboxylic acids is 2. The zero-order valence-corrected chi connectivity index (χ0v) is 20.0. The van der Waals surface area contributed by atoms with Gasteiger partial charge in [-0.3, -0.25) is 0 Å². The predicted molar refractivity (Wildman–Crippen MR) is 129 cm³/mol. The molecule has 2 heterocycles. The number of carbonyl (C=O) groups is 3. The Balaban J connectivity index is 1.42. The Morgan fingerprint density at radius 2 is 1.44 bits per heavy atom. The molecule has 2 bridgehead atoms. The normalized spacial score (nSPS) is 26.1. The minimum atomic E-state index is -2.23. The number of carboxylic acid groups (broad SMARTS) is 1. The van der Waals surface area contributed by atoms with E-state index >= 15 is 0 Å². The average Bonchev–Trinajstić information content (AvgIpc) is 3.21. The molecule has 206 valence electrons. The zero-order valence-electron chi connectivity index (χ0n) is 20.0. The van der Waals surface area contributed by atoms with Crippen LogP contribution in [0.1, 0.15) is 17.5 Å².